The normalized spacial score (nSPS) is 33.6. The number of carbonyl (C=O) groups is 3. The Hall–Kier alpha value is -2.17. The molecule has 21 heavy (non-hydrogen) atoms. The molecule has 4 rings (SSSR count). The van der Waals surface area contributed by atoms with Crippen molar-refractivity contribution < 1.29 is 19.5 Å². The van der Waals surface area contributed by atoms with Crippen molar-refractivity contribution in [3.63, 3.8) is 0 Å². The third-order valence-corrected chi connectivity index (χ3v) is 5.30. The van der Waals surface area contributed by atoms with Gasteiger partial charge in [0.05, 0.1) is 23.1 Å². The van der Waals surface area contributed by atoms with Gasteiger partial charge in [-0.2, -0.15) is 0 Å². The number of carboxylic acid groups (broad SMARTS) is 1. The lowest BCUT2D eigenvalue weighted by atomic mass is 9.81. The van der Waals surface area contributed by atoms with Gasteiger partial charge in [0, 0.05) is 0 Å². The number of rotatable bonds is 2. The van der Waals surface area contributed by atoms with Crippen LogP contribution in [0.25, 0.3) is 0 Å². The smallest absolute Gasteiger partial charge is 0.335 e. The summed E-state index contributed by atoms with van der Waals surface area (Å²) < 4.78 is 0. The minimum absolute atomic E-state index is 0.0970. The van der Waals surface area contributed by atoms with Crippen molar-refractivity contribution in [2.75, 3.05) is 4.90 Å². The second kappa shape index (κ2) is 4.16. The van der Waals surface area contributed by atoms with Gasteiger partial charge in [-0.3, -0.25) is 14.5 Å². The maximum atomic E-state index is 12.6. The first-order valence-electron chi connectivity index (χ1n) is 7.29. The Morgan fingerprint density at radius 1 is 1.00 bits per heavy atom. The summed E-state index contributed by atoms with van der Waals surface area (Å²) in [4.78, 5) is 37.3. The molecule has 1 aromatic rings. The van der Waals surface area contributed by atoms with Crippen molar-refractivity contribution >= 4 is 23.5 Å². The van der Waals surface area contributed by atoms with Crippen molar-refractivity contribution in [1.82, 2.24) is 0 Å². The lowest BCUT2D eigenvalue weighted by Gasteiger charge is -2.19. The van der Waals surface area contributed by atoms with E-state index in [4.69, 9.17) is 5.11 Å². The molecule has 1 N–H and O–H groups in total. The van der Waals surface area contributed by atoms with Gasteiger partial charge in [-0.1, -0.05) is 0 Å². The van der Waals surface area contributed by atoms with Gasteiger partial charge in [0.15, 0.2) is 0 Å². The van der Waals surface area contributed by atoms with E-state index in [0.29, 0.717) is 17.5 Å². The van der Waals surface area contributed by atoms with Gasteiger partial charge in [-0.25, -0.2) is 4.79 Å². The summed E-state index contributed by atoms with van der Waals surface area (Å²) in [6.45, 7) is 0. The van der Waals surface area contributed by atoms with E-state index < -0.39 is 5.97 Å². The van der Waals surface area contributed by atoms with E-state index in [-0.39, 0.29) is 29.2 Å². The largest absolute Gasteiger partial charge is 0.478 e. The Labute approximate surface area is 121 Å². The summed E-state index contributed by atoms with van der Waals surface area (Å²) in [7, 11) is 0. The number of amides is 2. The van der Waals surface area contributed by atoms with Crippen LogP contribution < -0.4 is 4.90 Å². The van der Waals surface area contributed by atoms with E-state index in [0.717, 1.165) is 19.3 Å². The highest BCUT2D eigenvalue weighted by Crippen LogP contribution is 2.56. The van der Waals surface area contributed by atoms with Crippen LogP contribution in [0.2, 0.25) is 0 Å². The molecular formula is C16H15NO4. The second-order valence-corrected chi connectivity index (χ2v) is 6.25. The average molecular weight is 285 g/mol. The van der Waals surface area contributed by atoms with E-state index in [9.17, 15) is 14.4 Å². The van der Waals surface area contributed by atoms with Crippen molar-refractivity contribution in [3.05, 3.63) is 29.8 Å². The van der Waals surface area contributed by atoms with E-state index >= 15 is 0 Å². The van der Waals surface area contributed by atoms with E-state index in [1.165, 1.54) is 17.0 Å². The van der Waals surface area contributed by atoms with Crippen LogP contribution in [0.1, 0.15) is 29.6 Å². The van der Waals surface area contributed by atoms with Gasteiger partial charge in [0.1, 0.15) is 0 Å². The molecule has 0 spiro atoms. The van der Waals surface area contributed by atoms with Crippen LogP contribution in [0.3, 0.4) is 0 Å². The minimum Gasteiger partial charge on any atom is -0.478 e. The van der Waals surface area contributed by atoms with Crippen molar-refractivity contribution in [1.29, 1.82) is 0 Å². The minimum atomic E-state index is -1.02. The van der Waals surface area contributed by atoms with Gasteiger partial charge in [0.25, 0.3) is 0 Å². The number of aromatic carboxylic acids is 1. The quantitative estimate of drug-likeness (QED) is 0.842. The summed E-state index contributed by atoms with van der Waals surface area (Å²) in [6.07, 6.45) is 3.12. The Morgan fingerprint density at radius 2 is 1.52 bits per heavy atom. The van der Waals surface area contributed by atoms with Gasteiger partial charge >= 0.3 is 5.97 Å². The average Bonchev–Trinajstić information content (AvgIpc) is 3.13. The zero-order chi connectivity index (χ0) is 14.7. The number of hydrogen-bond donors (Lipinski definition) is 1. The summed E-state index contributed by atoms with van der Waals surface area (Å²) in [6, 6.07) is 5.95. The van der Waals surface area contributed by atoms with Crippen molar-refractivity contribution in [3.8, 4) is 0 Å². The van der Waals surface area contributed by atoms with Crippen molar-refractivity contribution in [2.45, 2.75) is 19.3 Å². The maximum Gasteiger partial charge on any atom is 0.335 e. The topological polar surface area (TPSA) is 74.7 Å². The Kier molecular flexibility index (Phi) is 2.49. The first kappa shape index (κ1) is 12.6. The van der Waals surface area contributed by atoms with E-state index in [2.05, 4.69) is 0 Å². The molecule has 2 saturated carbocycles. The van der Waals surface area contributed by atoms with Crippen LogP contribution in [0.4, 0.5) is 5.69 Å². The zero-order valence-corrected chi connectivity index (χ0v) is 11.4. The summed E-state index contributed by atoms with van der Waals surface area (Å²) in [5, 5.41) is 8.91. The molecule has 1 heterocycles. The molecule has 5 heteroatoms. The summed E-state index contributed by atoms with van der Waals surface area (Å²) in [5.41, 5.74) is 0.641. The number of fused-ring (bicyclic) bond motifs is 5. The van der Waals surface area contributed by atoms with E-state index in [1.807, 2.05) is 0 Å². The van der Waals surface area contributed by atoms with Crippen LogP contribution >= 0.6 is 0 Å². The monoisotopic (exact) mass is 285 g/mol. The fraction of sp³-hybridized carbons (Fsp3) is 0.438. The Morgan fingerprint density at radius 3 is 2.00 bits per heavy atom. The molecule has 3 fully saturated rings. The van der Waals surface area contributed by atoms with Crippen LogP contribution in [0.5, 0.6) is 0 Å². The molecule has 108 valence electrons. The fourth-order valence-corrected chi connectivity index (χ4v) is 4.42. The lowest BCUT2D eigenvalue weighted by Crippen LogP contribution is -2.32. The molecule has 4 atom stereocenters. The molecule has 0 unspecified atom stereocenters. The number of anilines is 1. The molecule has 0 aromatic heterocycles. The van der Waals surface area contributed by atoms with Crippen LogP contribution in [0, 0.1) is 23.7 Å². The number of benzene rings is 1. The molecule has 0 radical (unpaired) electrons. The molecule has 1 saturated heterocycles. The third-order valence-electron chi connectivity index (χ3n) is 5.30. The number of nitrogens with zero attached hydrogens (tertiary/aromatic N) is 1. The summed E-state index contributed by atoms with van der Waals surface area (Å²) in [5.74, 6) is -0.777. The number of hydrogen-bond acceptors (Lipinski definition) is 3. The highest BCUT2D eigenvalue weighted by Gasteiger charge is 2.61. The molecule has 3 aliphatic rings. The molecule has 2 aliphatic carbocycles. The Bertz CT molecular complexity index is 623. The van der Waals surface area contributed by atoms with Crippen LogP contribution in [-0.2, 0) is 9.59 Å². The highest BCUT2D eigenvalue weighted by atomic mass is 16.4. The van der Waals surface area contributed by atoms with Gasteiger partial charge < -0.3 is 5.11 Å². The Balaban J connectivity index is 1.68. The van der Waals surface area contributed by atoms with Gasteiger partial charge in [0.2, 0.25) is 11.8 Å². The van der Waals surface area contributed by atoms with E-state index in [1.54, 1.807) is 12.1 Å². The summed E-state index contributed by atoms with van der Waals surface area (Å²) >= 11 is 0. The molecular weight excluding hydrogens is 270 g/mol. The molecule has 2 amide bonds. The molecule has 1 aromatic carbocycles. The van der Waals surface area contributed by atoms with Crippen LogP contribution in [0.15, 0.2) is 24.3 Å². The van der Waals surface area contributed by atoms with Crippen molar-refractivity contribution in [2.24, 2.45) is 23.7 Å². The molecule has 2 bridgehead atoms. The first-order chi connectivity index (χ1) is 10.1. The predicted molar refractivity (Wildman–Crippen MR) is 73.7 cm³/mol. The molecule has 5 nitrogen and oxygen atoms in total. The van der Waals surface area contributed by atoms with Crippen LogP contribution in [-0.4, -0.2) is 22.9 Å². The second-order valence-electron chi connectivity index (χ2n) is 6.25. The maximum absolute atomic E-state index is 12.6. The SMILES string of the molecule is O=C(O)c1ccc(N2C(=O)[C@@H]3[C@@H]4CC[C@@H](C4)[C@@H]3C2=O)cc1. The highest BCUT2D eigenvalue weighted by molar-refractivity contribution is 6.22. The zero-order valence-electron chi connectivity index (χ0n) is 11.4. The number of carboxylic acids is 1. The first-order valence-corrected chi connectivity index (χ1v) is 7.29. The number of imide groups is 1. The van der Waals surface area contributed by atoms with Gasteiger partial charge in [-0.05, 0) is 55.4 Å². The molecule has 1 aliphatic heterocycles. The number of carbonyl (C=O) groups excluding carboxylic acids is 2. The predicted octanol–water partition coefficient (Wildman–Crippen LogP) is 1.92. The fourth-order valence-electron chi connectivity index (χ4n) is 4.42. The third kappa shape index (κ3) is 1.60. The lowest BCUT2D eigenvalue weighted by molar-refractivity contribution is -0.123. The standard InChI is InChI=1S/C16H15NO4/c18-14-12-9-1-2-10(7-9)13(12)15(19)17(14)11-5-3-8(4-6-11)16(20)21/h3-6,9-10,12-13H,1-2,7H2,(H,20,21)/t9-,10+,12-,13+. The van der Waals surface area contributed by atoms with Gasteiger partial charge in [-0.15, -0.1) is 0 Å².